The van der Waals surface area contributed by atoms with Crippen LogP contribution in [0.3, 0.4) is 0 Å². The van der Waals surface area contributed by atoms with Crippen LogP contribution >= 0.6 is 12.2 Å². The molecule has 0 amide bonds. The van der Waals surface area contributed by atoms with Gasteiger partial charge < -0.3 is 4.98 Å². The number of aromatic nitrogens is 3. The van der Waals surface area contributed by atoms with Crippen LogP contribution < -0.4 is 0 Å². The lowest BCUT2D eigenvalue weighted by atomic mass is 10.2. The van der Waals surface area contributed by atoms with Crippen molar-refractivity contribution in [3.8, 4) is 11.5 Å². The number of aryl methyl sites for hydroxylation is 2. The van der Waals surface area contributed by atoms with Gasteiger partial charge >= 0.3 is 0 Å². The van der Waals surface area contributed by atoms with Crippen molar-refractivity contribution in [3.05, 3.63) is 40.3 Å². The largest absolute Gasteiger partial charge is 0.342 e. The van der Waals surface area contributed by atoms with Gasteiger partial charge in [-0.15, -0.1) is 0 Å². The fourth-order valence-corrected chi connectivity index (χ4v) is 1.94. The summed E-state index contributed by atoms with van der Waals surface area (Å²) in [6, 6.07) is 7.80. The van der Waals surface area contributed by atoms with Gasteiger partial charge in [-0.1, -0.05) is 31.6 Å². The highest BCUT2D eigenvalue weighted by atomic mass is 32.1. The average molecular weight is 245 g/mol. The Kier molecular flexibility index (Phi) is 3.64. The van der Waals surface area contributed by atoms with E-state index in [1.54, 1.807) is 0 Å². The number of H-pyrrole nitrogens is 1. The molecule has 0 aromatic carbocycles. The lowest BCUT2D eigenvalue weighted by molar-refractivity contribution is 0.871. The van der Waals surface area contributed by atoms with Crippen LogP contribution in [-0.4, -0.2) is 15.0 Å². The molecule has 0 radical (unpaired) electrons. The normalized spacial score (nSPS) is 10.5. The minimum absolute atomic E-state index is 0.616. The predicted octanol–water partition coefficient (Wildman–Crippen LogP) is 3.46. The quantitative estimate of drug-likeness (QED) is 0.842. The summed E-state index contributed by atoms with van der Waals surface area (Å²) >= 11 is 5.18. The summed E-state index contributed by atoms with van der Waals surface area (Å²) in [6.45, 7) is 4.11. The molecule has 88 valence electrons. The van der Waals surface area contributed by atoms with Crippen molar-refractivity contribution in [1.82, 2.24) is 15.0 Å². The summed E-state index contributed by atoms with van der Waals surface area (Å²) in [4.78, 5) is 12.1. The van der Waals surface area contributed by atoms with Crippen LogP contribution in [0.25, 0.3) is 11.5 Å². The van der Waals surface area contributed by atoms with Gasteiger partial charge in [-0.3, -0.25) is 0 Å². The first kappa shape index (κ1) is 11.9. The van der Waals surface area contributed by atoms with E-state index < -0.39 is 0 Å². The minimum Gasteiger partial charge on any atom is -0.342 e. The maximum atomic E-state index is 5.18. The van der Waals surface area contributed by atoms with Crippen LogP contribution in [0.5, 0.6) is 0 Å². The van der Waals surface area contributed by atoms with Crippen LogP contribution in [0.4, 0.5) is 0 Å². The molecule has 0 aliphatic carbocycles. The first-order valence-corrected chi connectivity index (χ1v) is 6.14. The molecule has 0 bridgehead atoms. The highest BCUT2D eigenvalue weighted by molar-refractivity contribution is 7.71. The van der Waals surface area contributed by atoms with Crippen molar-refractivity contribution in [1.29, 1.82) is 0 Å². The number of nitrogens with zero attached hydrogens (tertiary/aromatic N) is 2. The molecule has 0 aliphatic rings. The topological polar surface area (TPSA) is 41.6 Å². The number of rotatable bonds is 3. The van der Waals surface area contributed by atoms with E-state index in [1.165, 1.54) is 0 Å². The van der Waals surface area contributed by atoms with Gasteiger partial charge in [0.1, 0.15) is 10.3 Å². The van der Waals surface area contributed by atoms with Gasteiger partial charge in [-0.2, -0.15) is 0 Å². The summed E-state index contributed by atoms with van der Waals surface area (Å²) in [5.41, 5.74) is 2.93. The van der Waals surface area contributed by atoms with Gasteiger partial charge in [0.25, 0.3) is 0 Å². The van der Waals surface area contributed by atoms with Crippen molar-refractivity contribution in [2.75, 3.05) is 0 Å². The maximum absolute atomic E-state index is 5.18. The standard InChI is InChI=1S/C13H15N3S/c1-3-5-10-8-12(17)16-13(15-10)11-7-4-6-9(2)14-11/h4,6-8H,3,5H2,1-2H3,(H,15,16,17). The number of hydrogen-bond donors (Lipinski definition) is 1. The first-order chi connectivity index (χ1) is 8.19. The van der Waals surface area contributed by atoms with Crippen molar-refractivity contribution in [3.63, 3.8) is 0 Å². The van der Waals surface area contributed by atoms with Crippen molar-refractivity contribution < 1.29 is 0 Å². The van der Waals surface area contributed by atoms with Crippen LogP contribution in [0.2, 0.25) is 0 Å². The molecule has 0 atom stereocenters. The fourth-order valence-electron chi connectivity index (χ4n) is 1.71. The fraction of sp³-hybridized carbons (Fsp3) is 0.308. The van der Waals surface area contributed by atoms with E-state index in [0.29, 0.717) is 4.64 Å². The minimum atomic E-state index is 0.616. The van der Waals surface area contributed by atoms with Crippen molar-refractivity contribution in [2.24, 2.45) is 0 Å². The molecule has 0 fully saturated rings. The Labute approximate surface area is 106 Å². The second-order valence-corrected chi connectivity index (χ2v) is 4.43. The van der Waals surface area contributed by atoms with E-state index in [9.17, 15) is 0 Å². The zero-order valence-corrected chi connectivity index (χ0v) is 10.8. The Morgan fingerprint density at radius 2 is 2.12 bits per heavy atom. The Balaban J connectivity index is 2.48. The van der Waals surface area contributed by atoms with E-state index in [1.807, 2.05) is 31.2 Å². The lowest BCUT2D eigenvalue weighted by Crippen LogP contribution is -1.98. The molecule has 4 heteroatoms. The molecule has 2 aromatic heterocycles. The molecule has 0 spiro atoms. The third-order valence-electron chi connectivity index (χ3n) is 2.45. The lowest BCUT2D eigenvalue weighted by Gasteiger charge is -2.05. The molecule has 2 heterocycles. The Morgan fingerprint density at radius 3 is 2.82 bits per heavy atom. The average Bonchev–Trinajstić information content (AvgIpc) is 2.28. The van der Waals surface area contributed by atoms with E-state index >= 15 is 0 Å². The van der Waals surface area contributed by atoms with Gasteiger partial charge in [0.2, 0.25) is 0 Å². The Bertz CT molecular complexity index is 575. The van der Waals surface area contributed by atoms with Crippen LogP contribution in [0.1, 0.15) is 24.7 Å². The van der Waals surface area contributed by atoms with Gasteiger partial charge in [0, 0.05) is 11.4 Å². The number of aromatic amines is 1. The summed E-state index contributed by atoms with van der Waals surface area (Å²) in [6.07, 6.45) is 2.06. The van der Waals surface area contributed by atoms with E-state index in [2.05, 4.69) is 21.9 Å². The van der Waals surface area contributed by atoms with Crippen LogP contribution in [-0.2, 0) is 6.42 Å². The highest BCUT2D eigenvalue weighted by Crippen LogP contribution is 2.13. The van der Waals surface area contributed by atoms with Gasteiger partial charge in [-0.05, 0) is 31.5 Å². The molecule has 3 nitrogen and oxygen atoms in total. The summed E-state index contributed by atoms with van der Waals surface area (Å²) in [5.74, 6) is 0.754. The second kappa shape index (κ2) is 5.19. The number of pyridine rings is 1. The molecule has 0 unspecified atom stereocenters. The van der Waals surface area contributed by atoms with Gasteiger partial charge in [0.05, 0.1) is 0 Å². The zero-order chi connectivity index (χ0) is 12.3. The predicted molar refractivity (Wildman–Crippen MR) is 71.4 cm³/mol. The van der Waals surface area contributed by atoms with E-state index in [-0.39, 0.29) is 0 Å². The molecular formula is C13H15N3S. The number of hydrogen-bond acceptors (Lipinski definition) is 3. The molecule has 0 saturated heterocycles. The van der Waals surface area contributed by atoms with Gasteiger partial charge in [0.15, 0.2) is 5.82 Å². The highest BCUT2D eigenvalue weighted by Gasteiger charge is 2.03. The smallest absolute Gasteiger partial charge is 0.157 e. The monoisotopic (exact) mass is 245 g/mol. The molecular weight excluding hydrogens is 230 g/mol. The third-order valence-corrected chi connectivity index (χ3v) is 2.66. The first-order valence-electron chi connectivity index (χ1n) is 5.73. The number of nitrogens with one attached hydrogen (secondary N) is 1. The summed E-state index contributed by atoms with van der Waals surface area (Å²) < 4.78 is 0.616. The Morgan fingerprint density at radius 1 is 1.29 bits per heavy atom. The van der Waals surface area contributed by atoms with Gasteiger partial charge in [-0.25, -0.2) is 9.97 Å². The molecule has 2 rings (SSSR count). The maximum Gasteiger partial charge on any atom is 0.157 e. The van der Waals surface area contributed by atoms with Crippen molar-refractivity contribution >= 4 is 12.2 Å². The summed E-state index contributed by atoms with van der Waals surface area (Å²) in [5, 5.41) is 0. The molecule has 1 N–H and O–H groups in total. The van der Waals surface area contributed by atoms with Crippen LogP contribution in [0, 0.1) is 11.6 Å². The Hall–Kier alpha value is -1.55. The second-order valence-electron chi connectivity index (χ2n) is 4.01. The molecule has 0 saturated carbocycles. The molecule has 2 aromatic rings. The molecule has 17 heavy (non-hydrogen) atoms. The summed E-state index contributed by atoms with van der Waals surface area (Å²) in [7, 11) is 0. The van der Waals surface area contributed by atoms with E-state index in [4.69, 9.17) is 12.2 Å². The van der Waals surface area contributed by atoms with E-state index in [0.717, 1.165) is 35.7 Å². The SMILES string of the molecule is CCCc1cc(=S)nc(-c2cccc(C)n2)[nH]1. The van der Waals surface area contributed by atoms with Crippen molar-refractivity contribution in [2.45, 2.75) is 26.7 Å². The molecule has 0 aliphatic heterocycles. The zero-order valence-electron chi connectivity index (χ0n) is 10.0. The van der Waals surface area contributed by atoms with Crippen LogP contribution in [0.15, 0.2) is 24.3 Å². The third kappa shape index (κ3) is 2.97.